The van der Waals surface area contributed by atoms with Gasteiger partial charge in [-0.2, -0.15) is 5.26 Å². The van der Waals surface area contributed by atoms with Gasteiger partial charge in [0.05, 0.1) is 23.4 Å². The fourth-order valence-electron chi connectivity index (χ4n) is 1.83. The molecule has 0 bridgehead atoms. The molecule has 0 unspecified atom stereocenters. The van der Waals surface area contributed by atoms with Crippen LogP contribution in [-0.4, -0.2) is 30.4 Å². The highest BCUT2D eigenvalue weighted by Gasteiger charge is 2.14. The third-order valence-electron chi connectivity index (χ3n) is 3.01. The van der Waals surface area contributed by atoms with Gasteiger partial charge in [0.2, 0.25) is 0 Å². The van der Waals surface area contributed by atoms with Crippen LogP contribution in [0.2, 0.25) is 5.02 Å². The van der Waals surface area contributed by atoms with E-state index < -0.39 is 6.09 Å². The van der Waals surface area contributed by atoms with E-state index in [-0.39, 0.29) is 21.4 Å². The standard InChI is InChI=1S/C17H13ClN4O3S/c1-22(17(23)24-2)21-16(26)20-14-9-15(11(10-19)8-13(14)18)25-12-6-4-3-5-7-12/h4,6-9H,1-2H3,(H2,20,21,26). The molecule has 2 aromatic rings. The normalized spacial score (nSPS) is 9.31. The van der Waals surface area contributed by atoms with Gasteiger partial charge in [0.25, 0.3) is 0 Å². The van der Waals surface area contributed by atoms with Crippen molar-refractivity contribution in [2.75, 3.05) is 19.5 Å². The van der Waals surface area contributed by atoms with Crippen molar-refractivity contribution in [3.8, 4) is 17.6 Å². The van der Waals surface area contributed by atoms with Crippen molar-refractivity contribution in [1.82, 2.24) is 10.4 Å². The van der Waals surface area contributed by atoms with Gasteiger partial charge in [0, 0.05) is 19.2 Å². The predicted octanol–water partition coefficient (Wildman–Crippen LogP) is 3.50. The molecule has 0 fully saturated rings. The van der Waals surface area contributed by atoms with Gasteiger partial charge in [-0.3, -0.25) is 5.43 Å². The third-order valence-corrected chi connectivity index (χ3v) is 3.52. The SMILES string of the molecule is COC(=O)N(C)NC(=S)Nc1cc(Oc2cc#ccc2)c(C#N)cc1Cl. The summed E-state index contributed by atoms with van der Waals surface area (Å²) in [4.78, 5) is 11.4. The molecule has 132 valence electrons. The van der Waals surface area contributed by atoms with E-state index in [4.69, 9.17) is 28.6 Å². The van der Waals surface area contributed by atoms with E-state index in [1.165, 1.54) is 26.3 Å². The van der Waals surface area contributed by atoms with Gasteiger partial charge in [0.15, 0.2) is 5.11 Å². The van der Waals surface area contributed by atoms with Crippen LogP contribution in [0.25, 0.3) is 0 Å². The molecule has 0 aliphatic rings. The summed E-state index contributed by atoms with van der Waals surface area (Å²) in [6, 6.07) is 15.4. The zero-order valence-electron chi connectivity index (χ0n) is 13.8. The van der Waals surface area contributed by atoms with E-state index in [9.17, 15) is 10.1 Å². The van der Waals surface area contributed by atoms with E-state index >= 15 is 0 Å². The number of nitriles is 1. The quantitative estimate of drug-likeness (QED) is 0.614. The second-order valence-electron chi connectivity index (χ2n) is 4.81. The van der Waals surface area contributed by atoms with Crippen LogP contribution < -0.4 is 15.5 Å². The van der Waals surface area contributed by atoms with E-state index in [1.54, 1.807) is 18.2 Å². The van der Waals surface area contributed by atoms with Crippen LogP contribution in [0, 0.1) is 23.5 Å². The van der Waals surface area contributed by atoms with Crippen molar-refractivity contribution in [3.05, 3.63) is 53.1 Å². The lowest BCUT2D eigenvalue weighted by Crippen LogP contribution is -2.45. The van der Waals surface area contributed by atoms with E-state index in [0.29, 0.717) is 11.4 Å². The van der Waals surface area contributed by atoms with Gasteiger partial charge in [-0.15, -0.1) is 0 Å². The van der Waals surface area contributed by atoms with Gasteiger partial charge in [-0.1, -0.05) is 23.7 Å². The van der Waals surface area contributed by atoms with E-state index in [2.05, 4.69) is 27.6 Å². The first kappa shape index (κ1) is 19.1. The number of ether oxygens (including phenoxy) is 2. The maximum Gasteiger partial charge on any atom is 0.428 e. The number of carbonyl (C=O) groups is 1. The Bertz CT molecular complexity index is 855. The van der Waals surface area contributed by atoms with Crippen molar-refractivity contribution in [1.29, 1.82) is 5.26 Å². The number of methoxy groups -OCH3 is 1. The molecule has 9 heteroatoms. The van der Waals surface area contributed by atoms with Crippen molar-refractivity contribution < 1.29 is 14.3 Å². The van der Waals surface area contributed by atoms with Gasteiger partial charge >= 0.3 is 6.09 Å². The number of hydrazine groups is 1. The van der Waals surface area contributed by atoms with E-state index in [0.717, 1.165) is 5.01 Å². The lowest BCUT2D eigenvalue weighted by atomic mass is 10.2. The summed E-state index contributed by atoms with van der Waals surface area (Å²) in [6.07, 6.45) is -0.624. The molecular formula is C17H13ClN4O3S. The Hall–Kier alpha value is -3.20. The highest BCUT2D eigenvalue weighted by atomic mass is 35.5. The molecule has 0 heterocycles. The third kappa shape index (κ3) is 4.90. The Morgan fingerprint density at radius 3 is 2.81 bits per heavy atom. The van der Waals surface area contributed by atoms with Gasteiger partial charge in [0.1, 0.15) is 17.6 Å². The summed E-state index contributed by atoms with van der Waals surface area (Å²) in [5.41, 5.74) is 3.25. The van der Waals surface area contributed by atoms with Crippen LogP contribution in [0.3, 0.4) is 0 Å². The number of anilines is 1. The molecule has 2 aromatic carbocycles. The minimum atomic E-state index is -0.624. The topological polar surface area (TPSA) is 86.6 Å². The van der Waals surface area contributed by atoms with Crippen molar-refractivity contribution in [2.45, 2.75) is 0 Å². The molecule has 0 atom stereocenters. The number of rotatable bonds is 3. The summed E-state index contributed by atoms with van der Waals surface area (Å²) in [5.74, 6) is 0.766. The van der Waals surface area contributed by atoms with Gasteiger partial charge < -0.3 is 14.8 Å². The van der Waals surface area contributed by atoms with Crippen LogP contribution >= 0.6 is 23.8 Å². The predicted molar refractivity (Wildman–Crippen MR) is 99.9 cm³/mol. The number of carbonyl (C=O) groups excluding carboxylic acids is 1. The lowest BCUT2D eigenvalue weighted by Gasteiger charge is -2.20. The van der Waals surface area contributed by atoms with Crippen LogP contribution in [0.4, 0.5) is 10.5 Å². The monoisotopic (exact) mass is 388 g/mol. The number of halogens is 1. The van der Waals surface area contributed by atoms with Crippen molar-refractivity contribution >= 4 is 40.7 Å². The lowest BCUT2D eigenvalue weighted by molar-refractivity contribution is 0.125. The van der Waals surface area contributed by atoms with Gasteiger partial charge in [-0.25, -0.2) is 9.80 Å². The van der Waals surface area contributed by atoms with Crippen LogP contribution in [0.15, 0.2) is 30.3 Å². The molecule has 0 saturated heterocycles. The van der Waals surface area contributed by atoms with Crippen molar-refractivity contribution in [2.24, 2.45) is 0 Å². The molecule has 0 spiro atoms. The van der Waals surface area contributed by atoms with Crippen molar-refractivity contribution in [3.63, 3.8) is 0 Å². The molecular weight excluding hydrogens is 376 g/mol. The molecule has 0 aliphatic carbocycles. The summed E-state index contributed by atoms with van der Waals surface area (Å²) >= 11 is 11.3. The fourth-order valence-corrected chi connectivity index (χ4v) is 2.29. The molecule has 0 aromatic heterocycles. The first-order chi connectivity index (χ1) is 12.4. The molecule has 7 nitrogen and oxygen atoms in total. The molecule has 0 saturated carbocycles. The minimum Gasteiger partial charge on any atom is -0.455 e. The average molecular weight is 389 g/mol. The molecule has 0 aliphatic heterocycles. The van der Waals surface area contributed by atoms with Crippen LogP contribution in [0.1, 0.15) is 5.56 Å². The summed E-state index contributed by atoms with van der Waals surface area (Å²) in [7, 11) is 2.69. The summed E-state index contributed by atoms with van der Waals surface area (Å²) in [6.45, 7) is 0. The number of benzene rings is 1. The second kappa shape index (κ2) is 8.77. The molecule has 1 amide bonds. The Morgan fingerprint density at radius 2 is 2.19 bits per heavy atom. The molecule has 2 N–H and O–H groups in total. The zero-order chi connectivity index (χ0) is 19.1. The van der Waals surface area contributed by atoms with Crippen LogP contribution in [0.5, 0.6) is 11.5 Å². The number of thiocarbonyl (C=S) groups is 1. The first-order valence-electron chi connectivity index (χ1n) is 7.13. The fraction of sp³-hybridized carbons (Fsp3) is 0.118. The highest BCUT2D eigenvalue weighted by Crippen LogP contribution is 2.33. The first-order valence-corrected chi connectivity index (χ1v) is 7.91. The number of amides is 1. The number of nitrogens with zero attached hydrogens (tertiary/aromatic N) is 2. The smallest absolute Gasteiger partial charge is 0.428 e. The highest BCUT2D eigenvalue weighted by molar-refractivity contribution is 7.80. The summed E-state index contributed by atoms with van der Waals surface area (Å²) < 4.78 is 10.2. The van der Waals surface area contributed by atoms with E-state index in [1.807, 2.05) is 6.07 Å². The summed E-state index contributed by atoms with van der Waals surface area (Å²) in [5, 5.41) is 13.5. The Kier molecular flexibility index (Phi) is 6.45. The minimum absolute atomic E-state index is 0.0955. The molecule has 2 rings (SSSR count). The Morgan fingerprint density at radius 1 is 1.42 bits per heavy atom. The van der Waals surface area contributed by atoms with Crippen LogP contribution in [-0.2, 0) is 4.74 Å². The number of nitrogens with one attached hydrogen (secondary N) is 2. The Labute approximate surface area is 161 Å². The Balaban J connectivity index is 2.21. The number of hydrogen-bond donors (Lipinski definition) is 2. The molecule has 26 heavy (non-hydrogen) atoms. The maximum absolute atomic E-state index is 11.4. The van der Waals surface area contributed by atoms with Gasteiger partial charge in [-0.05, 0) is 30.4 Å². The second-order valence-corrected chi connectivity index (χ2v) is 5.62. The largest absolute Gasteiger partial charge is 0.455 e. The number of hydrogen-bond acceptors (Lipinski definition) is 5. The average Bonchev–Trinajstić information content (AvgIpc) is 2.64. The maximum atomic E-state index is 11.4. The zero-order valence-corrected chi connectivity index (χ0v) is 15.4. The molecule has 0 radical (unpaired) electrons.